The highest BCUT2D eigenvalue weighted by Crippen LogP contribution is 2.30. The summed E-state index contributed by atoms with van der Waals surface area (Å²) in [6, 6.07) is 3.71. The van der Waals surface area contributed by atoms with Gasteiger partial charge in [0, 0.05) is 22.6 Å². The number of rotatable bonds is 4. The van der Waals surface area contributed by atoms with Gasteiger partial charge in [0.25, 0.3) is 0 Å². The number of hydrogen-bond acceptors (Lipinski definition) is 6. The Labute approximate surface area is 119 Å². The molecule has 1 unspecified atom stereocenters. The molecule has 0 aliphatic rings. The average Bonchev–Trinajstić information content (AvgIpc) is 2.90. The maximum atomic E-state index is 10.8. The van der Waals surface area contributed by atoms with Crippen molar-refractivity contribution in [3.63, 3.8) is 0 Å². The zero-order valence-electron chi connectivity index (χ0n) is 10.7. The summed E-state index contributed by atoms with van der Waals surface area (Å²) < 4.78 is 0. The maximum absolute atomic E-state index is 10.8. The monoisotopic (exact) mass is 288 g/mol. The van der Waals surface area contributed by atoms with Crippen LogP contribution in [0.5, 0.6) is 0 Å². The first kappa shape index (κ1) is 14.0. The van der Waals surface area contributed by atoms with Crippen LogP contribution in [0.3, 0.4) is 0 Å². The quantitative estimate of drug-likeness (QED) is 0.892. The van der Waals surface area contributed by atoms with Crippen molar-refractivity contribution in [2.45, 2.75) is 19.3 Å². The molecule has 0 aliphatic heterocycles. The molecule has 0 amide bonds. The van der Waals surface area contributed by atoms with Crippen molar-refractivity contribution in [3.8, 4) is 17.3 Å². The summed E-state index contributed by atoms with van der Waals surface area (Å²) in [5, 5.41) is 19.8. The van der Waals surface area contributed by atoms with Gasteiger partial charge in [-0.3, -0.25) is 4.79 Å². The fourth-order valence-corrected chi connectivity index (χ4v) is 2.42. The molecule has 0 saturated carbocycles. The number of nitriles is 1. The van der Waals surface area contributed by atoms with Crippen LogP contribution < -0.4 is 5.73 Å². The minimum atomic E-state index is -0.905. The first-order valence-corrected chi connectivity index (χ1v) is 6.78. The van der Waals surface area contributed by atoms with Gasteiger partial charge in [-0.2, -0.15) is 5.26 Å². The minimum absolute atomic E-state index is 0.0468. The van der Waals surface area contributed by atoms with E-state index in [1.165, 1.54) is 11.3 Å². The minimum Gasteiger partial charge on any atom is -0.481 e. The van der Waals surface area contributed by atoms with E-state index in [1.807, 2.05) is 6.07 Å². The molecule has 0 radical (unpaired) electrons. The van der Waals surface area contributed by atoms with Crippen molar-refractivity contribution in [1.29, 1.82) is 5.26 Å². The maximum Gasteiger partial charge on any atom is 0.304 e. The second-order valence-electron chi connectivity index (χ2n) is 4.34. The van der Waals surface area contributed by atoms with Crippen LogP contribution >= 0.6 is 11.3 Å². The van der Waals surface area contributed by atoms with Gasteiger partial charge in [-0.1, -0.05) is 6.92 Å². The number of nitrogens with zero attached hydrogens (tertiary/aromatic N) is 3. The van der Waals surface area contributed by atoms with Gasteiger partial charge < -0.3 is 10.8 Å². The van der Waals surface area contributed by atoms with Crippen molar-refractivity contribution >= 4 is 23.1 Å². The second-order valence-corrected chi connectivity index (χ2v) is 5.06. The lowest BCUT2D eigenvalue weighted by Gasteiger charge is -2.12. The van der Waals surface area contributed by atoms with Gasteiger partial charge in [0.05, 0.1) is 17.6 Å². The molecule has 2 heterocycles. The molecule has 20 heavy (non-hydrogen) atoms. The predicted octanol–water partition coefficient (Wildman–Crippen LogP) is 2.24. The molecule has 6 nitrogen and oxygen atoms in total. The lowest BCUT2D eigenvalue weighted by molar-refractivity contribution is -0.137. The van der Waals surface area contributed by atoms with Gasteiger partial charge >= 0.3 is 5.97 Å². The van der Waals surface area contributed by atoms with E-state index in [0.717, 1.165) is 0 Å². The molecule has 0 saturated heterocycles. The van der Waals surface area contributed by atoms with Crippen LogP contribution in [0, 0.1) is 11.3 Å². The van der Waals surface area contributed by atoms with E-state index < -0.39 is 5.97 Å². The molecule has 7 heteroatoms. The molecule has 1 atom stereocenters. The van der Waals surface area contributed by atoms with E-state index in [-0.39, 0.29) is 23.7 Å². The number of nitrogen functional groups attached to an aromatic ring is 1. The number of thiazole rings is 1. The normalized spacial score (nSPS) is 11.8. The van der Waals surface area contributed by atoms with Crippen LogP contribution in [-0.4, -0.2) is 21.0 Å². The van der Waals surface area contributed by atoms with E-state index in [1.54, 1.807) is 23.9 Å². The van der Waals surface area contributed by atoms with Crippen LogP contribution in [0.1, 0.15) is 30.5 Å². The standard InChI is InChI=1S/C13H12N4O2S/c1-7(2-12(18)19)10-3-8(11-5-20-6-16-11)9(4-14)13(15)17-10/h3,5-7H,2H2,1H3,(H2,15,17)(H,18,19). The summed E-state index contributed by atoms with van der Waals surface area (Å²) >= 11 is 1.41. The van der Waals surface area contributed by atoms with Crippen molar-refractivity contribution in [1.82, 2.24) is 9.97 Å². The fourth-order valence-electron chi connectivity index (χ4n) is 1.87. The van der Waals surface area contributed by atoms with Crippen molar-refractivity contribution in [3.05, 3.63) is 28.2 Å². The summed E-state index contributed by atoms with van der Waals surface area (Å²) in [5.74, 6) is -1.09. The van der Waals surface area contributed by atoms with E-state index in [9.17, 15) is 10.1 Å². The number of carboxylic acids is 1. The average molecular weight is 288 g/mol. The number of nitrogens with two attached hydrogens (primary N) is 1. The highest BCUT2D eigenvalue weighted by atomic mass is 32.1. The van der Waals surface area contributed by atoms with E-state index in [4.69, 9.17) is 10.8 Å². The Morgan fingerprint density at radius 3 is 2.95 bits per heavy atom. The van der Waals surface area contributed by atoms with Gasteiger partial charge in [-0.05, 0) is 6.07 Å². The third-order valence-electron chi connectivity index (χ3n) is 2.87. The summed E-state index contributed by atoms with van der Waals surface area (Å²) in [6.45, 7) is 1.76. The molecule has 2 rings (SSSR count). The van der Waals surface area contributed by atoms with Crippen LogP contribution in [0.15, 0.2) is 17.0 Å². The SMILES string of the molecule is CC(CC(=O)O)c1cc(-c2cscn2)c(C#N)c(N)n1. The number of aliphatic carboxylic acids is 1. The molecule has 0 spiro atoms. The molecule has 3 N–H and O–H groups in total. The summed E-state index contributed by atoms with van der Waals surface area (Å²) in [7, 11) is 0. The lowest BCUT2D eigenvalue weighted by atomic mass is 9.98. The van der Waals surface area contributed by atoms with Gasteiger partial charge in [0.15, 0.2) is 0 Å². The molecular formula is C13H12N4O2S. The molecule has 0 aromatic carbocycles. The molecule has 0 aliphatic carbocycles. The Morgan fingerprint density at radius 2 is 2.40 bits per heavy atom. The number of aromatic nitrogens is 2. The van der Waals surface area contributed by atoms with E-state index in [0.29, 0.717) is 17.0 Å². The largest absolute Gasteiger partial charge is 0.481 e. The number of hydrogen-bond donors (Lipinski definition) is 2. The molecule has 2 aromatic heterocycles. The van der Waals surface area contributed by atoms with Gasteiger partial charge in [0.1, 0.15) is 17.5 Å². The second kappa shape index (κ2) is 5.67. The zero-order valence-corrected chi connectivity index (χ0v) is 11.5. The molecular weight excluding hydrogens is 276 g/mol. The molecule has 102 valence electrons. The fraction of sp³-hybridized carbons (Fsp3) is 0.231. The summed E-state index contributed by atoms with van der Waals surface area (Å²) in [6.07, 6.45) is -0.0468. The smallest absolute Gasteiger partial charge is 0.304 e. The molecule has 0 bridgehead atoms. The summed E-state index contributed by atoms with van der Waals surface area (Å²) in [4.78, 5) is 19.1. The molecule has 2 aromatic rings. The highest BCUT2D eigenvalue weighted by molar-refractivity contribution is 7.07. The Bertz CT molecular complexity index is 676. The topological polar surface area (TPSA) is 113 Å². The first-order chi connectivity index (χ1) is 9.52. The van der Waals surface area contributed by atoms with Crippen LogP contribution in [-0.2, 0) is 4.79 Å². The Kier molecular flexibility index (Phi) is 3.96. The van der Waals surface area contributed by atoms with Gasteiger partial charge in [-0.25, -0.2) is 9.97 Å². The van der Waals surface area contributed by atoms with Crippen molar-refractivity contribution in [2.24, 2.45) is 0 Å². The van der Waals surface area contributed by atoms with Crippen LogP contribution in [0.25, 0.3) is 11.3 Å². The van der Waals surface area contributed by atoms with Crippen molar-refractivity contribution < 1.29 is 9.90 Å². The number of pyridine rings is 1. The van der Waals surface area contributed by atoms with Crippen LogP contribution in [0.2, 0.25) is 0 Å². The number of carbonyl (C=O) groups is 1. The Balaban J connectivity index is 2.53. The predicted molar refractivity (Wildman–Crippen MR) is 75.1 cm³/mol. The lowest BCUT2D eigenvalue weighted by Crippen LogP contribution is -2.08. The number of carboxylic acid groups (broad SMARTS) is 1. The van der Waals surface area contributed by atoms with Crippen LogP contribution in [0.4, 0.5) is 5.82 Å². The van der Waals surface area contributed by atoms with Crippen molar-refractivity contribution in [2.75, 3.05) is 5.73 Å². The third-order valence-corrected chi connectivity index (χ3v) is 3.46. The van der Waals surface area contributed by atoms with Gasteiger partial charge in [0.2, 0.25) is 0 Å². The summed E-state index contributed by atoms with van der Waals surface area (Å²) in [5.41, 5.74) is 9.51. The Morgan fingerprint density at radius 1 is 1.65 bits per heavy atom. The van der Waals surface area contributed by atoms with E-state index >= 15 is 0 Å². The number of anilines is 1. The van der Waals surface area contributed by atoms with Gasteiger partial charge in [-0.15, -0.1) is 11.3 Å². The van der Waals surface area contributed by atoms with E-state index in [2.05, 4.69) is 9.97 Å². The Hall–Kier alpha value is -2.46. The first-order valence-electron chi connectivity index (χ1n) is 5.83. The zero-order chi connectivity index (χ0) is 14.7. The molecule has 0 fully saturated rings. The third kappa shape index (κ3) is 2.75. The highest BCUT2D eigenvalue weighted by Gasteiger charge is 2.18.